The number of H-pyrrole nitrogens is 1. The first-order valence-electron chi connectivity index (χ1n) is 6.65. The van der Waals surface area contributed by atoms with Gasteiger partial charge in [0.15, 0.2) is 0 Å². The van der Waals surface area contributed by atoms with Gasteiger partial charge in [-0.05, 0) is 38.2 Å². The summed E-state index contributed by atoms with van der Waals surface area (Å²) in [6.07, 6.45) is -1.55. The molecule has 2 atom stereocenters. The Morgan fingerprint density at radius 2 is 2.24 bits per heavy atom. The Bertz CT molecular complexity index is 626. The molecule has 7 heteroatoms. The minimum atomic E-state index is -1.06. The molecule has 7 nitrogen and oxygen atoms in total. The van der Waals surface area contributed by atoms with Crippen molar-refractivity contribution in [3.63, 3.8) is 0 Å². The maximum absolute atomic E-state index is 11.5. The normalized spacial score (nSPS) is 14.1. The van der Waals surface area contributed by atoms with E-state index < -0.39 is 18.2 Å². The minimum Gasteiger partial charge on any atom is -0.465 e. The van der Waals surface area contributed by atoms with E-state index >= 15 is 0 Å². The van der Waals surface area contributed by atoms with Crippen molar-refractivity contribution in [3.8, 4) is 0 Å². The van der Waals surface area contributed by atoms with Gasteiger partial charge in [-0.1, -0.05) is 0 Å². The number of aromatic nitrogens is 2. The summed E-state index contributed by atoms with van der Waals surface area (Å²) < 4.78 is 4.65. The van der Waals surface area contributed by atoms with Crippen LogP contribution in [0.15, 0.2) is 18.2 Å². The Balaban J connectivity index is 2.27. The molecule has 1 aromatic carbocycles. The molecule has 0 bridgehead atoms. The number of esters is 1. The zero-order valence-electron chi connectivity index (χ0n) is 12.0. The number of methoxy groups -OCH3 is 1. The summed E-state index contributed by atoms with van der Waals surface area (Å²) in [5.74, 6) is -0.448. The Hall–Kier alpha value is -1.96. The molecular formula is C14H19N3O4. The third-order valence-corrected chi connectivity index (χ3v) is 3.36. The molecule has 0 aliphatic heterocycles. The summed E-state index contributed by atoms with van der Waals surface area (Å²) in [5, 5.41) is 30.5. The van der Waals surface area contributed by atoms with Gasteiger partial charge in [-0.2, -0.15) is 5.10 Å². The highest BCUT2D eigenvalue weighted by molar-refractivity contribution is 5.94. The van der Waals surface area contributed by atoms with Crippen LogP contribution in [-0.2, 0) is 4.74 Å². The first-order valence-corrected chi connectivity index (χ1v) is 6.65. The lowest BCUT2D eigenvalue weighted by atomic mass is 10.0. The standard InChI is InChI=1S/C14H19N3O4/c1-15-6-5-11(18)13(19)12-9-4-3-8(14(20)21-2)7-10(9)16-17-12/h3-4,7,11,13,15,18-19H,5-6H2,1-2H3,(H,16,17). The maximum atomic E-state index is 11.5. The lowest BCUT2D eigenvalue weighted by molar-refractivity contribution is 0.0123. The van der Waals surface area contributed by atoms with Gasteiger partial charge in [-0.25, -0.2) is 4.79 Å². The number of aromatic amines is 1. The van der Waals surface area contributed by atoms with Gasteiger partial charge in [0.1, 0.15) is 6.10 Å². The number of aliphatic hydroxyl groups is 2. The molecule has 0 amide bonds. The van der Waals surface area contributed by atoms with Gasteiger partial charge in [0.25, 0.3) is 0 Å². The highest BCUT2D eigenvalue weighted by Crippen LogP contribution is 2.26. The van der Waals surface area contributed by atoms with Gasteiger partial charge in [-0.15, -0.1) is 0 Å². The first kappa shape index (κ1) is 15.4. The molecule has 21 heavy (non-hydrogen) atoms. The quantitative estimate of drug-likeness (QED) is 0.573. The van der Waals surface area contributed by atoms with Crippen LogP contribution in [0.3, 0.4) is 0 Å². The second kappa shape index (κ2) is 6.66. The van der Waals surface area contributed by atoms with E-state index in [1.807, 2.05) is 0 Å². The van der Waals surface area contributed by atoms with E-state index in [-0.39, 0.29) is 0 Å². The molecular weight excluding hydrogens is 274 g/mol. The number of rotatable bonds is 6. The Kier molecular flexibility index (Phi) is 4.89. The third-order valence-electron chi connectivity index (χ3n) is 3.36. The number of carbonyl (C=O) groups excluding carboxylic acids is 1. The van der Waals surface area contributed by atoms with E-state index in [0.717, 1.165) is 0 Å². The van der Waals surface area contributed by atoms with Crippen molar-refractivity contribution < 1.29 is 19.7 Å². The van der Waals surface area contributed by atoms with Crippen molar-refractivity contribution in [2.45, 2.75) is 18.6 Å². The molecule has 1 aromatic heterocycles. The lowest BCUT2D eigenvalue weighted by Crippen LogP contribution is -2.23. The smallest absolute Gasteiger partial charge is 0.337 e. The molecule has 1 heterocycles. The van der Waals surface area contributed by atoms with Gasteiger partial charge >= 0.3 is 5.97 Å². The first-order chi connectivity index (χ1) is 10.1. The predicted molar refractivity (Wildman–Crippen MR) is 76.9 cm³/mol. The number of fused-ring (bicyclic) bond motifs is 1. The molecule has 2 rings (SSSR count). The van der Waals surface area contributed by atoms with E-state index in [9.17, 15) is 15.0 Å². The number of ether oxygens (including phenoxy) is 1. The fourth-order valence-corrected chi connectivity index (χ4v) is 2.15. The average Bonchev–Trinajstić information content (AvgIpc) is 2.93. The summed E-state index contributed by atoms with van der Waals surface area (Å²) >= 11 is 0. The fourth-order valence-electron chi connectivity index (χ4n) is 2.15. The van der Waals surface area contributed by atoms with Gasteiger partial charge in [0, 0.05) is 5.39 Å². The highest BCUT2D eigenvalue weighted by atomic mass is 16.5. The van der Waals surface area contributed by atoms with Crippen molar-refractivity contribution in [3.05, 3.63) is 29.5 Å². The maximum Gasteiger partial charge on any atom is 0.337 e. The van der Waals surface area contributed by atoms with Crippen LogP contribution in [0, 0.1) is 0 Å². The molecule has 4 N–H and O–H groups in total. The number of hydrogen-bond acceptors (Lipinski definition) is 6. The second-order valence-corrected chi connectivity index (χ2v) is 4.77. The van der Waals surface area contributed by atoms with Crippen LogP contribution in [0.2, 0.25) is 0 Å². The lowest BCUT2D eigenvalue weighted by Gasteiger charge is -2.16. The van der Waals surface area contributed by atoms with E-state index in [1.165, 1.54) is 7.11 Å². The molecule has 0 aliphatic carbocycles. The van der Waals surface area contributed by atoms with E-state index in [4.69, 9.17) is 0 Å². The number of hydrogen-bond donors (Lipinski definition) is 4. The van der Waals surface area contributed by atoms with Crippen molar-refractivity contribution in [2.24, 2.45) is 0 Å². The van der Waals surface area contributed by atoms with E-state index in [2.05, 4.69) is 20.3 Å². The zero-order chi connectivity index (χ0) is 15.4. The van der Waals surface area contributed by atoms with Gasteiger partial charge < -0.3 is 20.3 Å². The van der Waals surface area contributed by atoms with E-state index in [0.29, 0.717) is 35.1 Å². The molecule has 2 aromatic rings. The SMILES string of the molecule is CNCCC(O)C(O)c1[nH]nc2cc(C(=O)OC)ccc12. The zero-order valence-corrected chi connectivity index (χ0v) is 12.0. The topological polar surface area (TPSA) is 107 Å². The summed E-state index contributed by atoms with van der Waals surface area (Å²) in [4.78, 5) is 11.5. The molecule has 0 spiro atoms. The predicted octanol–water partition coefficient (Wildman–Crippen LogP) is 0.353. The average molecular weight is 293 g/mol. The van der Waals surface area contributed by atoms with Crippen LogP contribution in [0.5, 0.6) is 0 Å². The molecule has 0 saturated carbocycles. The number of nitrogens with zero attached hydrogens (tertiary/aromatic N) is 1. The number of carbonyl (C=O) groups is 1. The number of nitrogens with one attached hydrogen (secondary N) is 2. The van der Waals surface area contributed by atoms with E-state index in [1.54, 1.807) is 25.2 Å². The molecule has 114 valence electrons. The summed E-state index contributed by atoms with van der Waals surface area (Å²) in [7, 11) is 3.09. The summed E-state index contributed by atoms with van der Waals surface area (Å²) in [6, 6.07) is 4.85. The van der Waals surface area contributed by atoms with Crippen LogP contribution in [-0.4, -0.2) is 53.2 Å². The third kappa shape index (κ3) is 3.21. The Labute approximate surface area is 121 Å². The van der Waals surface area contributed by atoms with Crippen LogP contribution >= 0.6 is 0 Å². The largest absolute Gasteiger partial charge is 0.465 e. The van der Waals surface area contributed by atoms with Crippen molar-refractivity contribution in [1.82, 2.24) is 15.5 Å². The Morgan fingerprint density at radius 1 is 1.48 bits per heavy atom. The summed E-state index contributed by atoms with van der Waals surface area (Å²) in [6.45, 7) is 0.594. The van der Waals surface area contributed by atoms with Crippen LogP contribution in [0.1, 0.15) is 28.6 Å². The van der Waals surface area contributed by atoms with Crippen molar-refractivity contribution in [2.75, 3.05) is 20.7 Å². The Morgan fingerprint density at radius 3 is 2.90 bits per heavy atom. The van der Waals surface area contributed by atoms with Gasteiger partial charge in [0.2, 0.25) is 0 Å². The number of aliphatic hydroxyl groups excluding tert-OH is 2. The molecule has 0 fully saturated rings. The van der Waals surface area contributed by atoms with Crippen LogP contribution < -0.4 is 5.32 Å². The molecule has 0 radical (unpaired) electrons. The monoisotopic (exact) mass is 293 g/mol. The van der Waals surface area contributed by atoms with Crippen LogP contribution in [0.25, 0.3) is 10.9 Å². The van der Waals surface area contributed by atoms with Crippen LogP contribution in [0.4, 0.5) is 0 Å². The second-order valence-electron chi connectivity index (χ2n) is 4.77. The fraction of sp³-hybridized carbons (Fsp3) is 0.429. The molecule has 2 unspecified atom stereocenters. The molecule has 0 aliphatic rings. The van der Waals surface area contributed by atoms with Crippen molar-refractivity contribution >= 4 is 16.9 Å². The summed E-state index contributed by atoms with van der Waals surface area (Å²) in [5.41, 5.74) is 1.35. The van der Waals surface area contributed by atoms with Gasteiger partial charge in [0.05, 0.1) is 30.0 Å². The number of benzene rings is 1. The van der Waals surface area contributed by atoms with Gasteiger partial charge in [-0.3, -0.25) is 5.10 Å². The minimum absolute atomic E-state index is 0.383. The molecule has 0 saturated heterocycles. The highest BCUT2D eigenvalue weighted by Gasteiger charge is 2.22. The van der Waals surface area contributed by atoms with Crippen molar-refractivity contribution in [1.29, 1.82) is 0 Å².